The van der Waals surface area contributed by atoms with E-state index in [9.17, 15) is 0 Å². The molecule has 0 bridgehead atoms. The van der Waals surface area contributed by atoms with Gasteiger partial charge in [-0.1, -0.05) is 13.8 Å². The predicted octanol–water partition coefficient (Wildman–Crippen LogP) is 2.20. The summed E-state index contributed by atoms with van der Waals surface area (Å²) in [6.45, 7) is 10.5. The highest BCUT2D eigenvalue weighted by Crippen LogP contribution is 2.15. The van der Waals surface area contributed by atoms with E-state index >= 15 is 0 Å². The van der Waals surface area contributed by atoms with Gasteiger partial charge in [-0.05, 0) is 31.3 Å². The second kappa shape index (κ2) is 7.53. The van der Waals surface area contributed by atoms with E-state index in [1.54, 1.807) is 0 Å². The molecule has 0 saturated carbocycles. The smallest absolute Gasteiger partial charge is 0.0221 e. The number of nitrogens with one attached hydrogen (secondary N) is 1. The third kappa shape index (κ3) is 4.33. The van der Waals surface area contributed by atoms with Gasteiger partial charge in [-0.3, -0.25) is 4.90 Å². The Morgan fingerprint density at radius 1 is 1.47 bits per heavy atom. The van der Waals surface area contributed by atoms with E-state index in [0.717, 1.165) is 12.1 Å². The van der Waals surface area contributed by atoms with Crippen molar-refractivity contribution in [3.8, 4) is 0 Å². The van der Waals surface area contributed by atoms with Gasteiger partial charge in [0.25, 0.3) is 0 Å². The van der Waals surface area contributed by atoms with Gasteiger partial charge < -0.3 is 5.32 Å². The minimum Gasteiger partial charge on any atom is -0.314 e. The monoisotopic (exact) mass is 230 g/mol. The first-order valence-electron chi connectivity index (χ1n) is 6.33. The number of rotatable bonds is 6. The molecular weight excluding hydrogens is 204 g/mol. The van der Waals surface area contributed by atoms with Crippen molar-refractivity contribution in [1.29, 1.82) is 0 Å². The molecule has 0 amide bonds. The average molecular weight is 230 g/mol. The zero-order valence-electron chi connectivity index (χ0n) is 10.5. The molecule has 1 fully saturated rings. The van der Waals surface area contributed by atoms with E-state index in [-0.39, 0.29) is 0 Å². The van der Waals surface area contributed by atoms with Gasteiger partial charge >= 0.3 is 0 Å². The first kappa shape index (κ1) is 13.3. The maximum absolute atomic E-state index is 3.49. The number of piperazine rings is 1. The molecule has 0 aromatic heterocycles. The Kier molecular flexibility index (Phi) is 6.69. The van der Waals surface area contributed by atoms with Gasteiger partial charge in [0.2, 0.25) is 0 Å². The SMILES string of the molecule is CCSCCC(C)N1CCNCC1CC. The normalized spacial score (nSPS) is 25.4. The molecule has 2 atom stereocenters. The van der Waals surface area contributed by atoms with Crippen LogP contribution in [0.15, 0.2) is 0 Å². The number of nitrogens with zero attached hydrogens (tertiary/aromatic N) is 1. The highest BCUT2D eigenvalue weighted by molar-refractivity contribution is 7.99. The van der Waals surface area contributed by atoms with Crippen LogP contribution in [0.2, 0.25) is 0 Å². The lowest BCUT2D eigenvalue weighted by atomic mass is 10.1. The summed E-state index contributed by atoms with van der Waals surface area (Å²) in [5, 5.41) is 3.49. The fraction of sp³-hybridized carbons (Fsp3) is 1.00. The minimum absolute atomic E-state index is 0.760. The van der Waals surface area contributed by atoms with Crippen LogP contribution in [0, 0.1) is 0 Å². The number of hydrogen-bond donors (Lipinski definition) is 1. The number of thioether (sulfide) groups is 1. The molecule has 1 aliphatic rings. The predicted molar refractivity (Wildman–Crippen MR) is 70.7 cm³/mol. The Morgan fingerprint density at radius 2 is 2.27 bits per heavy atom. The van der Waals surface area contributed by atoms with Gasteiger partial charge in [0.1, 0.15) is 0 Å². The van der Waals surface area contributed by atoms with Crippen LogP contribution in [0.25, 0.3) is 0 Å². The maximum Gasteiger partial charge on any atom is 0.0221 e. The lowest BCUT2D eigenvalue weighted by Gasteiger charge is -2.40. The molecule has 0 aromatic carbocycles. The third-order valence-corrected chi connectivity index (χ3v) is 4.25. The van der Waals surface area contributed by atoms with Gasteiger partial charge in [0, 0.05) is 31.7 Å². The van der Waals surface area contributed by atoms with Gasteiger partial charge in [-0.15, -0.1) is 0 Å². The van der Waals surface area contributed by atoms with Crippen molar-refractivity contribution in [2.75, 3.05) is 31.1 Å². The second-order valence-electron chi connectivity index (χ2n) is 4.34. The quantitative estimate of drug-likeness (QED) is 0.704. The summed E-state index contributed by atoms with van der Waals surface area (Å²) in [6, 6.07) is 1.52. The largest absolute Gasteiger partial charge is 0.314 e. The zero-order chi connectivity index (χ0) is 11.1. The average Bonchev–Trinajstić information content (AvgIpc) is 2.29. The van der Waals surface area contributed by atoms with E-state index in [2.05, 4.69) is 42.7 Å². The fourth-order valence-corrected chi connectivity index (χ4v) is 3.10. The highest BCUT2D eigenvalue weighted by Gasteiger charge is 2.24. The molecule has 1 saturated heterocycles. The van der Waals surface area contributed by atoms with Gasteiger partial charge in [-0.2, -0.15) is 11.8 Å². The van der Waals surface area contributed by atoms with E-state index in [1.165, 1.54) is 44.0 Å². The summed E-state index contributed by atoms with van der Waals surface area (Å²) in [5.74, 6) is 2.57. The molecule has 0 spiro atoms. The summed E-state index contributed by atoms with van der Waals surface area (Å²) in [7, 11) is 0. The standard InChI is InChI=1S/C12H26N2S/c1-4-12-10-13-7-8-14(12)11(3)6-9-15-5-2/h11-13H,4-10H2,1-3H3. The summed E-state index contributed by atoms with van der Waals surface area (Å²) < 4.78 is 0. The van der Waals surface area contributed by atoms with E-state index < -0.39 is 0 Å². The van der Waals surface area contributed by atoms with E-state index in [4.69, 9.17) is 0 Å². The molecule has 0 aromatic rings. The molecule has 3 heteroatoms. The van der Waals surface area contributed by atoms with Crippen molar-refractivity contribution in [1.82, 2.24) is 10.2 Å². The molecule has 0 radical (unpaired) electrons. The van der Waals surface area contributed by atoms with Crippen molar-refractivity contribution in [3.63, 3.8) is 0 Å². The van der Waals surface area contributed by atoms with E-state index in [0.29, 0.717) is 0 Å². The first-order valence-corrected chi connectivity index (χ1v) is 7.49. The zero-order valence-corrected chi connectivity index (χ0v) is 11.3. The Morgan fingerprint density at radius 3 is 2.93 bits per heavy atom. The number of hydrogen-bond acceptors (Lipinski definition) is 3. The minimum atomic E-state index is 0.760. The van der Waals surface area contributed by atoms with Crippen molar-refractivity contribution >= 4 is 11.8 Å². The molecule has 2 unspecified atom stereocenters. The van der Waals surface area contributed by atoms with Crippen LogP contribution in [0.5, 0.6) is 0 Å². The van der Waals surface area contributed by atoms with Crippen LogP contribution in [-0.2, 0) is 0 Å². The Bertz CT molecular complexity index is 164. The van der Waals surface area contributed by atoms with Crippen LogP contribution < -0.4 is 5.32 Å². The lowest BCUT2D eigenvalue weighted by molar-refractivity contribution is 0.110. The Labute approximate surface area is 99.2 Å². The molecule has 1 aliphatic heterocycles. The van der Waals surface area contributed by atoms with Crippen LogP contribution in [0.1, 0.15) is 33.6 Å². The molecule has 15 heavy (non-hydrogen) atoms. The molecular formula is C12H26N2S. The highest BCUT2D eigenvalue weighted by atomic mass is 32.2. The topological polar surface area (TPSA) is 15.3 Å². The van der Waals surface area contributed by atoms with Crippen molar-refractivity contribution in [3.05, 3.63) is 0 Å². The van der Waals surface area contributed by atoms with Crippen molar-refractivity contribution < 1.29 is 0 Å². The second-order valence-corrected chi connectivity index (χ2v) is 5.73. The molecule has 90 valence electrons. The van der Waals surface area contributed by atoms with Crippen LogP contribution >= 0.6 is 11.8 Å². The van der Waals surface area contributed by atoms with Crippen molar-refractivity contribution in [2.24, 2.45) is 0 Å². The van der Waals surface area contributed by atoms with Gasteiger partial charge in [-0.25, -0.2) is 0 Å². The van der Waals surface area contributed by atoms with E-state index in [1.807, 2.05) is 0 Å². The Hall–Kier alpha value is 0.270. The van der Waals surface area contributed by atoms with Crippen LogP contribution in [0.3, 0.4) is 0 Å². The molecule has 1 heterocycles. The Balaban J connectivity index is 2.31. The summed E-state index contributed by atoms with van der Waals surface area (Å²) >= 11 is 2.07. The molecule has 1 N–H and O–H groups in total. The molecule has 0 aliphatic carbocycles. The summed E-state index contributed by atoms with van der Waals surface area (Å²) in [6.07, 6.45) is 2.62. The van der Waals surface area contributed by atoms with Crippen LogP contribution in [-0.4, -0.2) is 48.1 Å². The third-order valence-electron chi connectivity index (χ3n) is 3.32. The first-order chi connectivity index (χ1) is 7.29. The summed E-state index contributed by atoms with van der Waals surface area (Å²) in [5.41, 5.74) is 0. The van der Waals surface area contributed by atoms with Crippen molar-refractivity contribution in [2.45, 2.75) is 45.7 Å². The molecule has 2 nitrogen and oxygen atoms in total. The van der Waals surface area contributed by atoms with Crippen LogP contribution in [0.4, 0.5) is 0 Å². The fourth-order valence-electron chi connectivity index (χ4n) is 2.30. The van der Waals surface area contributed by atoms with Gasteiger partial charge in [0.15, 0.2) is 0 Å². The maximum atomic E-state index is 3.49. The molecule has 1 rings (SSSR count). The summed E-state index contributed by atoms with van der Waals surface area (Å²) in [4.78, 5) is 2.70. The van der Waals surface area contributed by atoms with Gasteiger partial charge in [0.05, 0.1) is 0 Å². The lowest BCUT2D eigenvalue weighted by Crippen LogP contribution is -2.54.